The molecule has 0 fully saturated rings. The number of rotatable bonds is 12. The van der Waals surface area contributed by atoms with E-state index in [1.807, 2.05) is 0 Å². The number of carbonyl (C=O) groups is 2. The normalized spacial score (nSPS) is 11.7. The number of aromatic nitrogens is 2. The molecule has 0 aliphatic carbocycles. The first-order valence-electron chi connectivity index (χ1n) is 9.44. The second-order valence-corrected chi connectivity index (χ2v) is 6.96. The molecule has 0 aliphatic heterocycles. The molecule has 29 heavy (non-hydrogen) atoms. The van der Waals surface area contributed by atoms with Gasteiger partial charge in [-0.2, -0.15) is 0 Å². The lowest BCUT2D eigenvalue weighted by Gasteiger charge is -2.27. The van der Waals surface area contributed by atoms with Crippen LogP contribution in [-0.4, -0.2) is 64.8 Å². The second kappa shape index (κ2) is 11.8. The number of nitrogens with one attached hydrogen (secondary N) is 2. The van der Waals surface area contributed by atoms with Crippen molar-refractivity contribution in [3.63, 3.8) is 0 Å². The van der Waals surface area contributed by atoms with E-state index >= 15 is 0 Å². The smallest absolute Gasteiger partial charge is 0.328 e. The number of aliphatic imine (C=N–C) groups is 1. The lowest BCUT2D eigenvalue weighted by Crippen LogP contribution is -2.46. The van der Waals surface area contributed by atoms with Gasteiger partial charge in [-0.25, -0.2) is 4.79 Å². The minimum Gasteiger partial charge on any atom is -0.370 e. The Balaban J connectivity index is 2.79. The van der Waals surface area contributed by atoms with Gasteiger partial charge >= 0.3 is 5.69 Å². The maximum atomic E-state index is 12.7. The molecule has 0 aromatic carbocycles. The third-order valence-corrected chi connectivity index (χ3v) is 4.36. The highest BCUT2D eigenvalue weighted by atomic mass is 16.2. The fourth-order valence-electron chi connectivity index (χ4n) is 2.81. The fraction of sp³-hybridized carbons (Fsp3) is 0.611. The van der Waals surface area contributed by atoms with Crippen LogP contribution in [0.15, 0.2) is 20.8 Å². The number of aryl methyl sites for hydroxylation is 1. The van der Waals surface area contributed by atoms with Gasteiger partial charge in [-0.05, 0) is 40.2 Å². The lowest BCUT2D eigenvalue weighted by molar-refractivity contribution is -0.135. The number of Topliss-reactive ketones (excluding diaryl/α,β-unsaturated/α-hetero) is 1. The minimum atomic E-state index is -0.665. The number of hydrogen-bond acceptors (Lipinski definition) is 6. The summed E-state index contributed by atoms with van der Waals surface area (Å²) >= 11 is 0. The number of aromatic amines is 1. The van der Waals surface area contributed by atoms with Crippen LogP contribution in [0.4, 0.5) is 0 Å². The maximum Gasteiger partial charge on any atom is 0.328 e. The zero-order valence-corrected chi connectivity index (χ0v) is 17.2. The Morgan fingerprint density at radius 3 is 2.59 bits per heavy atom. The van der Waals surface area contributed by atoms with E-state index in [1.54, 1.807) is 14.0 Å². The van der Waals surface area contributed by atoms with Crippen molar-refractivity contribution in [2.45, 2.75) is 45.7 Å². The Labute approximate surface area is 169 Å². The van der Waals surface area contributed by atoms with Gasteiger partial charge in [0.1, 0.15) is 12.3 Å². The Morgan fingerprint density at radius 1 is 1.31 bits per heavy atom. The highest BCUT2D eigenvalue weighted by Gasteiger charge is 2.20. The minimum absolute atomic E-state index is 0.0356. The summed E-state index contributed by atoms with van der Waals surface area (Å²) in [5.74, 6) is -0.485. The summed E-state index contributed by atoms with van der Waals surface area (Å²) in [6.07, 6.45) is 3.73. The molecule has 0 spiro atoms. The highest BCUT2D eigenvalue weighted by molar-refractivity contribution is 5.84. The molecule has 1 atom stereocenters. The van der Waals surface area contributed by atoms with E-state index in [0.29, 0.717) is 18.7 Å². The van der Waals surface area contributed by atoms with Crippen LogP contribution >= 0.6 is 0 Å². The Hall–Kier alpha value is -2.95. The van der Waals surface area contributed by atoms with Crippen LogP contribution in [0.1, 0.15) is 31.7 Å². The molecule has 1 rings (SSSR count). The van der Waals surface area contributed by atoms with Crippen LogP contribution in [0.2, 0.25) is 0 Å². The largest absolute Gasteiger partial charge is 0.370 e. The Kier molecular flexibility index (Phi) is 9.80. The lowest BCUT2D eigenvalue weighted by atomic mass is 10.1. The average molecular weight is 409 g/mol. The molecular formula is C18H31N7O4. The van der Waals surface area contributed by atoms with Gasteiger partial charge in [-0.1, -0.05) is 0 Å². The first-order valence-corrected chi connectivity index (χ1v) is 9.44. The molecule has 11 nitrogen and oxygen atoms in total. The van der Waals surface area contributed by atoms with Gasteiger partial charge in [0, 0.05) is 30.9 Å². The van der Waals surface area contributed by atoms with Crippen molar-refractivity contribution in [2.75, 3.05) is 26.7 Å². The maximum absolute atomic E-state index is 12.7. The van der Waals surface area contributed by atoms with E-state index in [-0.39, 0.29) is 36.8 Å². The molecule has 0 radical (unpaired) electrons. The van der Waals surface area contributed by atoms with Crippen LogP contribution in [0, 0.1) is 6.92 Å². The SMILES string of the molecule is CN[C@@H](CCCCN=C(N)N)CN(CC(C)=O)C(=O)Cn1cc(C)c(=O)[nH]c1=O. The molecule has 1 aromatic heterocycles. The first kappa shape index (κ1) is 24.1. The summed E-state index contributed by atoms with van der Waals surface area (Å²) in [6.45, 7) is 3.48. The number of carbonyl (C=O) groups excluding carboxylic acids is 2. The number of ketones is 1. The number of H-pyrrole nitrogens is 1. The van der Waals surface area contributed by atoms with Gasteiger partial charge in [0.2, 0.25) is 5.91 Å². The van der Waals surface area contributed by atoms with Crippen molar-refractivity contribution in [1.82, 2.24) is 19.8 Å². The van der Waals surface area contributed by atoms with E-state index < -0.39 is 11.2 Å². The van der Waals surface area contributed by atoms with E-state index in [2.05, 4.69) is 15.3 Å². The average Bonchev–Trinajstić information content (AvgIpc) is 2.63. The van der Waals surface area contributed by atoms with Gasteiger partial charge in [0.25, 0.3) is 5.56 Å². The molecule has 0 bridgehead atoms. The molecule has 0 aliphatic rings. The van der Waals surface area contributed by atoms with Crippen molar-refractivity contribution >= 4 is 17.6 Å². The quantitative estimate of drug-likeness (QED) is 0.181. The molecular weight excluding hydrogens is 378 g/mol. The molecule has 6 N–H and O–H groups in total. The van der Waals surface area contributed by atoms with Gasteiger partial charge < -0.3 is 21.7 Å². The van der Waals surface area contributed by atoms with Crippen molar-refractivity contribution in [3.8, 4) is 0 Å². The van der Waals surface area contributed by atoms with Crippen molar-refractivity contribution in [2.24, 2.45) is 16.5 Å². The fourth-order valence-corrected chi connectivity index (χ4v) is 2.81. The first-order chi connectivity index (χ1) is 13.6. The van der Waals surface area contributed by atoms with Gasteiger partial charge in [0.05, 0.1) is 6.54 Å². The van der Waals surface area contributed by atoms with E-state index in [1.165, 1.54) is 18.0 Å². The van der Waals surface area contributed by atoms with E-state index in [0.717, 1.165) is 23.8 Å². The van der Waals surface area contributed by atoms with Crippen LogP contribution in [0.3, 0.4) is 0 Å². The molecule has 0 unspecified atom stereocenters. The number of guanidine groups is 1. The van der Waals surface area contributed by atoms with Crippen molar-refractivity contribution in [1.29, 1.82) is 0 Å². The number of nitrogens with two attached hydrogens (primary N) is 2. The summed E-state index contributed by atoms with van der Waals surface area (Å²) in [4.78, 5) is 55.3. The van der Waals surface area contributed by atoms with Gasteiger partial charge in [-0.3, -0.25) is 28.9 Å². The summed E-state index contributed by atoms with van der Waals surface area (Å²) in [6, 6.07) is -0.0356. The third-order valence-electron chi connectivity index (χ3n) is 4.36. The Morgan fingerprint density at radius 2 is 2.00 bits per heavy atom. The van der Waals surface area contributed by atoms with Gasteiger partial charge in [-0.15, -0.1) is 0 Å². The molecule has 0 saturated heterocycles. The zero-order valence-electron chi connectivity index (χ0n) is 17.2. The monoisotopic (exact) mass is 409 g/mol. The highest BCUT2D eigenvalue weighted by Crippen LogP contribution is 2.05. The topological polar surface area (TPSA) is 169 Å². The van der Waals surface area contributed by atoms with E-state index in [4.69, 9.17) is 11.5 Å². The van der Waals surface area contributed by atoms with Crippen LogP contribution < -0.4 is 28.0 Å². The number of nitrogens with zero attached hydrogens (tertiary/aromatic N) is 3. The number of unbranched alkanes of at least 4 members (excludes halogenated alkanes) is 1. The predicted molar refractivity (Wildman–Crippen MR) is 111 cm³/mol. The molecule has 0 saturated carbocycles. The van der Waals surface area contributed by atoms with Crippen LogP contribution in [0.5, 0.6) is 0 Å². The van der Waals surface area contributed by atoms with Gasteiger partial charge in [0.15, 0.2) is 5.96 Å². The van der Waals surface area contributed by atoms with Crippen molar-refractivity contribution < 1.29 is 9.59 Å². The molecule has 1 aromatic rings. The predicted octanol–water partition coefficient (Wildman–Crippen LogP) is -1.71. The third kappa shape index (κ3) is 8.73. The molecule has 1 amide bonds. The Bertz CT molecular complexity index is 839. The summed E-state index contributed by atoms with van der Waals surface area (Å²) < 4.78 is 1.13. The van der Waals surface area contributed by atoms with Crippen LogP contribution in [-0.2, 0) is 16.1 Å². The van der Waals surface area contributed by atoms with Crippen LogP contribution in [0.25, 0.3) is 0 Å². The summed E-state index contributed by atoms with van der Waals surface area (Å²) in [7, 11) is 1.78. The second-order valence-electron chi connectivity index (χ2n) is 6.96. The summed E-state index contributed by atoms with van der Waals surface area (Å²) in [5.41, 5.74) is 9.75. The number of hydrogen-bond donors (Lipinski definition) is 4. The van der Waals surface area contributed by atoms with Crippen molar-refractivity contribution in [3.05, 3.63) is 32.6 Å². The van der Waals surface area contributed by atoms with E-state index in [9.17, 15) is 19.2 Å². The zero-order chi connectivity index (χ0) is 22.0. The summed E-state index contributed by atoms with van der Waals surface area (Å²) in [5, 5.41) is 3.15. The standard InChI is InChI=1S/C18H31N7O4/c1-12-8-25(18(29)23-16(12)28)11-15(27)24(9-13(2)26)10-14(21-3)6-4-5-7-22-17(19)20/h8,14,21H,4-7,9-11H2,1-3H3,(H4,19,20,22)(H,23,28,29)/t14-/m0/s1. The molecule has 162 valence electrons. The molecule has 11 heteroatoms. The molecule has 1 heterocycles. The number of amides is 1. The number of likely N-dealkylation sites (N-methyl/N-ethyl adjacent to an activating group) is 1.